The molecule has 10 heteroatoms. The van der Waals surface area contributed by atoms with E-state index in [-0.39, 0.29) is 5.75 Å². The van der Waals surface area contributed by atoms with Crippen molar-refractivity contribution in [1.29, 1.82) is 0 Å². The van der Waals surface area contributed by atoms with Gasteiger partial charge in [-0.05, 0) is 12.0 Å². The molecule has 2 aromatic rings. The van der Waals surface area contributed by atoms with Crippen LogP contribution in [-0.2, 0) is 15.1 Å². The van der Waals surface area contributed by atoms with E-state index in [2.05, 4.69) is 25.9 Å². The van der Waals surface area contributed by atoms with Gasteiger partial charge in [0.1, 0.15) is 11.9 Å². The second-order valence-electron chi connectivity index (χ2n) is 5.31. The Hall–Kier alpha value is -2.88. The van der Waals surface area contributed by atoms with Crippen LogP contribution < -0.4 is 10.7 Å². The second kappa shape index (κ2) is 6.93. The van der Waals surface area contributed by atoms with Crippen LogP contribution in [0.3, 0.4) is 0 Å². The molecule has 0 spiro atoms. The number of hydrazine groups is 1. The number of nitrogens with zero attached hydrogens (tertiary/aromatic N) is 3. The molecule has 3 rings (SSSR count). The van der Waals surface area contributed by atoms with Gasteiger partial charge in [0.25, 0.3) is 5.91 Å². The number of urea groups is 1. The van der Waals surface area contributed by atoms with Crippen LogP contribution in [0.4, 0.5) is 4.79 Å². The Kier molecular flexibility index (Phi) is 4.70. The zero-order valence-electron chi connectivity index (χ0n) is 13.4. The smallest absolute Gasteiger partial charge is 0.318 e. The van der Waals surface area contributed by atoms with Gasteiger partial charge in [-0.3, -0.25) is 20.1 Å². The summed E-state index contributed by atoms with van der Waals surface area (Å²) in [5.41, 5.74) is 1.84. The fourth-order valence-corrected chi connectivity index (χ4v) is 3.16. The van der Waals surface area contributed by atoms with E-state index in [1.54, 1.807) is 31.2 Å². The van der Waals surface area contributed by atoms with Crippen LogP contribution in [0.25, 0.3) is 0 Å². The Morgan fingerprint density at radius 2 is 2.08 bits per heavy atom. The summed E-state index contributed by atoms with van der Waals surface area (Å²) in [6.07, 6.45) is 1.69. The number of hydrogen-bond donors (Lipinski definition) is 3. The van der Waals surface area contributed by atoms with Crippen LogP contribution in [0, 0.1) is 0 Å². The lowest BCUT2D eigenvalue weighted by atomic mass is 9.87. The number of benzene rings is 1. The van der Waals surface area contributed by atoms with Crippen LogP contribution in [-0.4, -0.2) is 43.8 Å². The third kappa shape index (κ3) is 3.20. The first-order valence-electron chi connectivity index (χ1n) is 7.56. The zero-order chi connectivity index (χ0) is 17.9. The van der Waals surface area contributed by atoms with Crippen molar-refractivity contribution in [3.8, 4) is 0 Å². The van der Waals surface area contributed by atoms with Crippen molar-refractivity contribution in [2.75, 3.05) is 5.75 Å². The molecule has 1 aliphatic rings. The van der Waals surface area contributed by atoms with E-state index < -0.39 is 23.4 Å². The first kappa shape index (κ1) is 17.0. The number of aromatic amines is 1. The summed E-state index contributed by atoms with van der Waals surface area (Å²) in [5.74, 6) is -1.02. The van der Waals surface area contributed by atoms with Crippen LogP contribution in [0.15, 0.2) is 41.8 Å². The molecule has 1 fully saturated rings. The Morgan fingerprint density at radius 1 is 1.32 bits per heavy atom. The molecular formula is C15H16N6O3S. The maximum atomic E-state index is 12.8. The Bertz CT molecular complexity index is 782. The van der Waals surface area contributed by atoms with Crippen molar-refractivity contribution in [2.45, 2.75) is 24.0 Å². The van der Waals surface area contributed by atoms with Crippen molar-refractivity contribution in [2.24, 2.45) is 0 Å². The number of imide groups is 1. The Morgan fingerprint density at radius 3 is 2.72 bits per heavy atom. The molecule has 2 heterocycles. The van der Waals surface area contributed by atoms with E-state index in [0.717, 1.165) is 16.8 Å². The number of aromatic nitrogens is 3. The molecule has 1 saturated heterocycles. The van der Waals surface area contributed by atoms with Crippen molar-refractivity contribution >= 4 is 29.6 Å². The molecule has 0 saturated carbocycles. The number of rotatable bonds is 6. The molecule has 4 amide bonds. The quantitative estimate of drug-likeness (QED) is 0.517. The van der Waals surface area contributed by atoms with Crippen molar-refractivity contribution in [3.05, 3.63) is 42.2 Å². The Balaban J connectivity index is 1.71. The minimum atomic E-state index is -1.18. The molecule has 0 bridgehead atoms. The van der Waals surface area contributed by atoms with Crippen LogP contribution in [0.5, 0.6) is 0 Å². The Labute approximate surface area is 147 Å². The van der Waals surface area contributed by atoms with Gasteiger partial charge >= 0.3 is 6.03 Å². The van der Waals surface area contributed by atoms with Crippen molar-refractivity contribution < 1.29 is 14.4 Å². The minimum Gasteiger partial charge on any atom is -0.318 e. The number of carbonyl (C=O) groups excluding carboxylic acids is 3. The first-order valence-corrected chi connectivity index (χ1v) is 8.55. The lowest BCUT2D eigenvalue weighted by Gasteiger charge is -2.25. The van der Waals surface area contributed by atoms with Crippen molar-refractivity contribution in [3.63, 3.8) is 0 Å². The highest BCUT2D eigenvalue weighted by Crippen LogP contribution is 2.31. The zero-order valence-corrected chi connectivity index (χ0v) is 14.2. The number of hydrogen-bond acceptors (Lipinski definition) is 6. The van der Waals surface area contributed by atoms with Crippen LogP contribution in [0.1, 0.15) is 18.9 Å². The molecule has 3 N–H and O–H groups in total. The SMILES string of the molecule is CC[C@]1(c2ccccc2)NC(=O)N(NC(=O)CSc2ncn[nH]2)C1=O. The van der Waals surface area contributed by atoms with E-state index in [1.165, 1.54) is 6.33 Å². The number of H-pyrrole nitrogens is 1. The maximum absolute atomic E-state index is 12.8. The molecule has 1 aliphatic heterocycles. The van der Waals surface area contributed by atoms with E-state index in [0.29, 0.717) is 17.1 Å². The van der Waals surface area contributed by atoms with E-state index in [1.807, 2.05) is 6.07 Å². The normalized spacial score (nSPS) is 19.8. The summed E-state index contributed by atoms with van der Waals surface area (Å²) in [6.45, 7) is 1.80. The molecule has 1 aromatic heterocycles. The largest absolute Gasteiger partial charge is 0.344 e. The van der Waals surface area contributed by atoms with E-state index in [4.69, 9.17) is 0 Å². The summed E-state index contributed by atoms with van der Waals surface area (Å²) in [4.78, 5) is 41.0. The molecule has 1 aromatic carbocycles. The standard InChI is InChI=1S/C15H16N6O3S/c1-2-15(10-6-4-3-5-7-10)12(23)21(14(24)18-15)20-11(22)8-25-13-16-9-17-19-13/h3-7,9H,2,8H2,1H3,(H,18,24)(H,20,22)(H,16,17,19)/t15-/m1/s1. The summed E-state index contributed by atoms with van der Waals surface area (Å²) >= 11 is 1.11. The third-order valence-corrected chi connectivity index (χ3v) is 4.73. The maximum Gasteiger partial charge on any atom is 0.344 e. The predicted octanol–water partition coefficient (Wildman–Crippen LogP) is 0.785. The van der Waals surface area contributed by atoms with E-state index >= 15 is 0 Å². The van der Waals surface area contributed by atoms with Gasteiger partial charge < -0.3 is 5.32 Å². The summed E-state index contributed by atoms with van der Waals surface area (Å²) in [5, 5.41) is 10.2. The molecule has 1 atom stereocenters. The fourth-order valence-electron chi connectivity index (χ4n) is 2.59. The molecule has 0 aliphatic carbocycles. The lowest BCUT2D eigenvalue weighted by molar-refractivity contribution is -0.138. The van der Waals surface area contributed by atoms with Gasteiger partial charge in [0.2, 0.25) is 5.91 Å². The second-order valence-corrected chi connectivity index (χ2v) is 6.27. The van der Waals surface area contributed by atoms with Crippen LogP contribution >= 0.6 is 11.8 Å². The van der Waals surface area contributed by atoms with Gasteiger partial charge in [0.15, 0.2) is 5.16 Å². The molecule has 130 valence electrons. The van der Waals surface area contributed by atoms with Crippen molar-refractivity contribution in [1.82, 2.24) is 30.9 Å². The molecule has 25 heavy (non-hydrogen) atoms. The average molecular weight is 360 g/mol. The highest BCUT2D eigenvalue weighted by atomic mass is 32.2. The van der Waals surface area contributed by atoms with Gasteiger partial charge in [-0.2, -0.15) is 10.1 Å². The first-order chi connectivity index (χ1) is 12.1. The molecule has 0 radical (unpaired) electrons. The highest BCUT2D eigenvalue weighted by molar-refractivity contribution is 7.99. The summed E-state index contributed by atoms with van der Waals surface area (Å²) in [7, 11) is 0. The lowest BCUT2D eigenvalue weighted by Crippen LogP contribution is -2.49. The third-order valence-electron chi connectivity index (χ3n) is 3.86. The number of nitrogens with one attached hydrogen (secondary N) is 3. The van der Waals surface area contributed by atoms with Gasteiger partial charge in [-0.15, -0.1) is 0 Å². The van der Waals surface area contributed by atoms with Gasteiger partial charge in [0.05, 0.1) is 5.75 Å². The average Bonchev–Trinajstić information content (AvgIpc) is 3.23. The van der Waals surface area contributed by atoms with Gasteiger partial charge in [0, 0.05) is 0 Å². The fraction of sp³-hybridized carbons (Fsp3) is 0.267. The van der Waals surface area contributed by atoms with Gasteiger partial charge in [-0.1, -0.05) is 49.0 Å². The molecule has 9 nitrogen and oxygen atoms in total. The minimum absolute atomic E-state index is 0.0171. The van der Waals surface area contributed by atoms with E-state index in [9.17, 15) is 14.4 Å². The molecular weight excluding hydrogens is 344 g/mol. The number of carbonyl (C=O) groups is 3. The molecule has 0 unspecified atom stereocenters. The van der Waals surface area contributed by atoms with Gasteiger partial charge in [-0.25, -0.2) is 9.78 Å². The summed E-state index contributed by atoms with van der Waals surface area (Å²) < 4.78 is 0. The number of amides is 4. The topological polar surface area (TPSA) is 120 Å². The van der Waals surface area contributed by atoms with Crippen LogP contribution in [0.2, 0.25) is 0 Å². The monoisotopic (exact) mass is 360 g/mol. The highest BCUT2D eigenvalue weighted by Gasteiger charge is 2.52. The predicted molar refractivity (Wildman–Crippen MR) is 89.0 cm³/mol. The summed E-state index contributed by atoms with van der Waals surface area (Å²) in [6, 6.07) is 8.30. The number of thioether (sulfide) groups is 1.